The van der Waals surface area contributed by atoms with Crippen LogP contribution in [0.1, 0.15) is 284 Å². The van der Waals surface area contributed by atoms with Gasteiger partial charge in [0.05, 0.1) is 40.3 Å². The van der Waals surface area contributed by atoms with Gasteiger partial charge in [0.15, 0.2) is 12.4 Å². The Bertz CT molecular complexity index is 1030. The lowest BCUT2D eigenvalue weighted by atomic mass is 10.0. The first kappa shape index (κ1) is 63.3. The summed E-state index contributed by atoms with van der Waals surface area (Å²) in [5.74, 6) is -2.25. The normalized spacial score (nSPS) is 12.7. The van der Waals surface area contributed by atoms with E-state index in [9.17, 15) is 19.5 Å². The fourth-order valence-corrected chi connectivity index (χ4v) is 8.48. The molecular formula is C56H109NO8. The molecule has 0 aliphatic heterocycles. The van der Waals surface area contributed by atoms with Gasteiger partial charge >= 0.3 is 11.9 Å². The molecule has 0 fully saturated rings. The average molecular weight is 924 g/mol. The summed E-state index contributed by atoms with van der Waals surface area (Å²) < 4.78 is 22.7. The zero-order valence-corrected chi connectivity index (χ0v) is 43.9. The summed E-state index contributed by atoms with van der Waals surface area (Å²) in [6.07, 6.45) is 50.0. The standard InChI is InChI=1S/C56H109NO8/c1-6-8-10-12-14-16-18-20-22-24-25-26-27-28-29-30-31-33-35-37-39-41-43-45-47-54(59)65-52(51-64-56(55(60)61)62-49-48-57(3,4)5)50-63-53(58)46-44-42-40-38-36-34-32-23-21-19-17-15-13-11-9-7-2/h52,56H,6-51H2,1-5H3. The monoisotopic (exact) mass is 924 g/mol. The third-order valence-electron chi connectivity index (χ3n) is 12.9. The predicted molar refractivity (Wildman–Crippen MR) is 270 cm³/mol. The highest BCUT2D eigenvalue weighted by molar-refractivity contribution is 5.70. The number of rotatable bonds is 53. The number of likely N-dealkylation sites (N-methyl/N-ethyl adjacent to an activating group) is 1. The maximum Gasteiger partial charge on any atom is 0.306 e. The highest BCUT2D eigenvalue weighted by atomic mass is 16.7. The van der Waals surface area contributed by atoms with Crippen molar-refractivity contribution in [1.29, 1.82) is 0 Å². The molecule has 9 heteroatoms. The second-order valence-corrected chi connectivity index (χ2v) is 20.6. The Balaban J connectivity index is 4.19. The van der Waals surface area contributed by atoms with E-state index in [2.05, 4.69) is 13.8 Å². The molecule has 0 aromatic heterocycles. The summed E-state index contributed by atoms with van der Waals surface area (Å²) in [6.45, 7) is 4.81. The van der Waals surface area contributed by atoms with Crippen molar-refractivity contribution in [3.05, 3.63) is 0 Å². The molecule has 0 heterocycles. The van der Waals surface area contributed by atoms with Crippen molar-refractivity contribution in [2.75, 3.05) is 47.5 Å². The van der Waals surface area contributed by atoms with Crippen LogP contribution in [0.3, 0.4) is 0 Å². The molecule has 0 amide bonds. The Morgan fingerprint density at radius 1 is 0.400 bits per heavy atom. The van der Waals surface area contributed by atoms with Crippen molar-refractivity contribution in [1.82, 2.24) is 0 Å². The third-order valence-corrected chi connectivity index (χ3v) is 12.9. The van der Waals surface area contributed by atoms with Gasteiger partial charge in [-0.15, -0.1) is 0 Å². The highest BCUT2D eigenvalue weighted by Gasteiger charge is 2.22. The van der Waals surface area contributed by atoms with Gasteiger partial charge in [-0.3, -0.25) is 9.59 Å². The van der Waals surface area contributed by atoms with Crippen LogP contribution in [0, 0.1) is 0 Å². The van der Waals surface area contributed by atoms with Gasteiger partial charge in [0, 0.05) is 12.8 Å². The molecule has 65 heavy (non-hydrogen) atoms. The number of ether oxygens (including phenoxy) is 4. The van der Waals surface area contributed by atoms with Gasteiger partial charge in [-0.25, -0.2) is 0 Å². The molecular weight excluding hydrogens is 815 g/mol. The zero-order chi connectivity index (χ0) is 47.7. The molecule has 0 saturated heterocycles. The fraction of sp³-hybridized carbons (Fsp3) is 0.946. The fourth-order valence-electron chi connectivity index (χ4n) is 8.48. The predicted octanol–water partition coefficient (Wildman–Crippen LogP) is 14.7. The number of nitrogens with zero attached hydrogens (tertiary/aromatic N) is 1. The van der Waals surface area contributed by atoms with Crippen LogP contribution in [0.25, 0.3) is 0 Å². The lowest BCUT2D eigenvalue weighted by molar-refractivity contribution is -0.870. The summed E-state index contributed by atoms with van der Waals surface area (Å²) in [4.78, 5) is 37.2. The first-order valence-corrected chi connectivity index (χ1v) is 28.2. The Morgan fingerprint density at radius 2 is 0.692 bits per heavy atom. The van der Waals surface area contributed by atoms with Crippen LogP contribution < -0.4 is 5.11 Å². The van der Waals surface area contributed by atoms with E-state index in [4.69, 9.17) is 18.9 Å². The minimum absolute atomic E-state index is 0.153. The van der Waals surface area contributed by atoms with Crippen molar-refractivity contribution in [2.45, 2.75) is 296 Å². The molecule has 2 atom stereocenters. The number of carboxylic acids is 1. The molecule has 0 aliphatic rings. The van der Waals surface area contributed by atoms with E-state index in [1.165, 1.54) is 218 Å². The number of unbranched alkanes of at least 4 members (excludes halogenated alkanes) is 38. The van der Waals surface area contributed by atoms with E-state index in [-0.39, 0.29) is 32.2 Å². The zero-order valence-electron chi connectivity index (χ0n) is 43.9. The summed E-state index contributed by atoms with van der Waals surface area (Å²) in [5, 5.41) is 11.7. The molecule has 386 valence electrons. The van der Waals surface area contributed by atoms with Crippen molar-refractivity contribution < 1.29 is 42.9 Å². The molecule has 0 aliphatic carbocycles. The smallest absolute Gasteiger partial charge is 0.306 e. The van der Waals surface area contributed by atoms with E-state index < -0.39 is 24.3 Å². The molecule has 0 spiro atoms. The lowest BCUT2D eigenvalue weighted by Crippen LogP contribution is -2.44. The maximum atomic E-state index is 12.8. The second-order valence-electron chi connectivity index (χ2n) is 20.6. The SMILES string of the molecule is CCCCCCCCCCCCCCCCCCCCCCCCCCC(=O)OC(COC(=O)CCCCCCCCCCCCCCCCCC)COC(OCC[N+](C)(C)C)C(=O)[O-]. The van der Waals surface area contributed by atoms with Gasteiger partial charge in [0.1, 0.15) is 13.2 Å². The third kappa shape index (κ3) is 50.0. The first-order valence-electron chi connectivity index (χ1n) is 28.2. The number of carbonyl (C=O) groups excluding carboxylic acids is 3. The van der Waals surface area contributed by atoms with Gasteiger partial charge in [0.25, 0.3) is 0 Å². The highest BCUT2D eigenvalue weighted by Crippen LogP contribution is 2.18. The number of carbonyl (C=O) groups is 3. The molecule has 2 unspecified atom stereocenters. The molecule has 0 saturated carbocycles. The van der Waals surface area contributed by atoms with E-state index in [0.29, 0.717) is 17.4 Å². The summed E-state index contributed by atoms with van der Waals surface area (Å²) in [7, 11) is 5.93. The number of hydrogen-bond donors (Lipinski definition) is 0. The van der Waals surface area contributed by atoms with Crippen LogP contribution in [0.4, 0.5) is 0 Å². The van der Waals surface area contributed by atoms with E-state index >= 15 is 0 Å². The van der Waals surface area contributed by atoms with E-state index in [1.807, 2.05) is 21.1 Å². The second kappa shape index (κ2) is 48.7. The van der Waals surface area contributed by atoms with Gasteiger partial charge in [-0.05, 0) is 12.8 Å². The van der Waals surface area contributed by atoms with Crippen molar-refractivity contribution >= 4 is 17.9 Å². The minimum Gasteiger partial charge on any atom is -0.545 e. The number of carboxylic acid groups (broad SMARTS) is 1. The van der Waals surface area contributed by atoms with Gasteiger partial charge < -0.3 is 33.3 Å². The van der Waals surface area contributed by atoms with Crippen LogP contribution in [0.2, 0.25) is 0 Å². The average Bonchev–Trinajstić information content (AvgIpc) is 3.27. The van der Waals surface area contributed by atoms with Crippen LogP contribution in [-0.2, 0) is 33.3 Å². The van der Waals surface area contributed by atoms with Crippen molar-refractivity contribution in [3.8, 4) is 0 Å². The van der Waals surface area contributed by atoms with Crippen LogP contribution in [0.15, 0.2) is 0 Å². The lowest BCUT2D eigenvalue weighted by Gasteiger charge is -2.26. The number of hydrogen-bond acceptors (Lipinski definition) is 8. The van der Waals surface area contributed by atoms with Crippen LogP contribution in [0.5, 0.6) is 0 Å². The number of esters is 2. The minimum atomic E-state index is -1.61. The molecule has 0 rings (SSSR count). The molecule has 0 N–H and O–H groups in total. The van der Waals surface area contributed by atoms with Crippen LogP contribution in [-0.4, -0.2) is 82.3 Å². The Kier molecular flexibility index (Phi) is 47.5. The Morgan fingerprint density at radius 3 is 0.985 bits per heavy atom. The van der Waals surface area contributed by atoms with E-state index in [0.717, 1.165) is 38.5 Å². The van der Waals surface area contributed by atoms with Crippen LogP contribution >= 0.6 is 0 Å². The number of quaternary nitrogens is 1. The van der Waals surface area contributed by atoms with Crippen molar-refractivity contribution in [2.24, 2.45) is 0 Å². The maximum absolute atomic E-state index is 12.8. The van der Waals surface area contributed by atoms with Gasteiger partial charge in [-0.1, -0.05) is 258 Å². The first-order chi connectivity index (χ1) is 31.6. The topological polar surface area (TPSA) is 111 Å². The summed E-state index contributed by atoms with van der Waals surface area (Å²) in [6, 6.07) is 0. The summed E-state index contributed by atoms with van der Waals surface area (Å²) in [5.41, 5.74) is 0. The Labute approximate surface area is 403 Å². The van der Waals surface area contributed by atoms with Gasteiger partial charge in [-0.2, -0.15) is 0 Å². The molecule has 0 radical (unpaired) electrons. The molecule has 0 aromatic carbocycles. The largest absolute Gasteiger partial charge is 0.545 e. The van der Waals surface area contributed by atoms with Gasteiger partial charge in [0.2, 0.25) is 0 Å². The van der Waals surface area contributed by atoms with E-state index in [1.54, 1.807) is 0 Å². The summed E-state index contributed by atoms with van der Waals surface area (Å²) >= 11 is 0. The number of aliphatic carboxylic acids is 1. The van der Waals surface area contributed by atoms with Crippen molar-refractivity contribution in [3.63, 3.8) is 0 Å². The molecule has 9 nitrogen and oxygen atoms in total. The Hall–Kier alpha value is -1.71. The molecule has 0 aromatic rings. The quantitative estimate of drug-likeness (QED) is 0.0257. The molecule has 0 bridgehead atoms.